The van der Waals surface area contributed by atoms with Crippen molar-refractivity contribution >= 4 is 53.8 Å². The second-order valence-corrected chi connectivity index (χ2v) is 22.5. The lowest BCUT2D eigenvalue weighted by Crippen LogP contribution is -2.51. The van der Waals surface area contributed by atoms with Gasteiger partial charge in [0.25, 0.3) is 0 Å². The Morgan fingerprint density at radius 1 is 0.844 bits per heavy atom. The average Bonchev–Trinajstić information content (AvgIpc) is 3.49. The molecule has 0 radical (unpaired) electrons. The monoisotopic (exact) mass is 690 g/mol. The van der Waals surface area contributed by atoms with Crippen molar-refractivity contribution in [1.29, 1.82) is 0 Å². The predicted octanol–water partition coefficient (Wildman–Crippen LogP) is 6.58. The fourth-order valence-electron chi connectivity index (χ4n) is 4.09. The first-order valence-electron chi connectivity index (χ1n) is 14.9. The molecule has 0 aliphatic rings. The van der Waals surface area contributed by atoms with Crippen molar-refractivity contribution in [3.63, 3.8) is 0 Å². The van der Waals surface area contributed by atoms with Crippen LogP contribution in [0.4, 0.5) is 10.9 Å². The van der Waals surface area contributed by atoms with Crippen molar-refractivity contribution in [2.75, 3.05) is 10.6 Å². The molecule has 1 unspecified atom stereocenters. The van der Waals surface area contributed by atoms with E-state index < -0.39 is 51.0 Å². The van der Waals surface area contributed by atoms with E-state index in [0.717, 1.165) is 10.6 Å². The van der Waals surface area contributed by atoms with Crippen LogP contribution in [0.2, 0.25) is 0 Å². The molecule has 0 bridgehead atoms. The zero-order valence-electron chi connectivity index (χ0n) is 29.8. The number of carbonyl (C=O) groups is 2. The van der Waals surface area contributed by atoms with E-state index >= 15 is 0 Å². The van der Waals surface area contributed by atoms with Crippen molar-refractivity contribution in [2.45, 2.75) is 148 Å². The Balaban J connectivity index is 0.000000450. The summed E-state index contributed by atoms with van der Waals surface area (Å²) in [6, 6.07) is 1.61. The number of nitrogens with zero attached hydrogens (tertiary/aromatic N) is 2. The molecule has 2 amide bonds. The summed E-state index contributed by atoms with van der Waals surface area (Å²) in [5.41, 5.74) is 0.542. The minimum atomic E-state index is -3.66. The molecule has 0 spiro atoms. The number of anilines is 2. The first-order valence-corrected chi connectivity index (χ1v) is 18.8. The lowest BCUT2D eigenvalue weighted by atomic mass is 9.93. The number of rotatable bonds is 8. The van der Waals surface area contributed by atoms with Gasteiger partial charge in [-0.15, -0.1) is 11.3 Å². The van der Waals surface area contributed by atoms with Gasteiger partial charge in [0.15, 0.2) is 30.6 Å². The molecule has 2 heterocycles. The van der Waals surface area contributed by atoms with Crippen molar-refractivity contribution in [3.8, 4) is 0 Å². The van der Waals surface area contributed by atoms with Crippen molar-refractivity contribution in [2.24, 2.45) is 0 Å². The summed E-state index contributed by atoms with van der Waals surface area (Å²) >= 11 is 1.39. The highest BCUT2D eigenvalue weighted by Crippen LogP contribution is 2.35. The fourth-order valence-corrected chi connectivity index (χ4v) is 8.69. The molecule has 11 nitrogen and oxygen atoms in total. The summed E-state index contributed by atoms with van der Waals surface area (Å²) in [6.07, 6.45) is 0.456. The van der Waals surface area contributed by atoms with E-state index in [4.69, 9.17) is 4.52 Å². The van der Waals surface area contributed by atoms with Crippen LogP contribution < -0.4 is 10.6 Å². The molecule has 2 rings (SSSR count). The molecule has 0 saturated carbocycles. The Morgan fingerprint density at radius 2 is 1.33 bits per heavy atom. The van der Waals surface area contributed by atoms with Gasteiger partial charge in [0.2, 0.25) is 11.8 Å². The van der Waals surface area contributed by atoms with Gasteiger partial charge in [0.1, 0.15) is 15.3 Å². The third-order valence-corrected chi connectivity index (χ3v) is 15.2. The molecule has 0 aliphatic carbocycles. The molecule has 1 atom stereocenters. The summed E-state index contributed by atoms with van der Waals surface area (Å²) in [7, 11) is -7.26. The van der Waals surface area contributed by atoms with Gasteiger partial charge in [-0.25, -0.2) is 21.8 Å². The highest BCUT2D eigenvalue weighted by molar-refractivity contribution is 7.95. The smallest absolute Gasteiger partial charge is 0.247 e. The van der Waals surface area contributed by atoms with Crippen LogP contribution in [0.3, 0.4) is 0 Å². The van der Waals surface area contributed by atoms with E-state index in [9.17, 15) is 26.4 Å². The van der Waals surface area contributed by atoms with E-state index in [1.165, 1.54) is 39.0 Å². The topological polar surface area (TPSA) is 165 Å². The average molecular weight is 691 g/mol. The lowest BCUT2D eigenvalue weighted by Gasteiger charge is -2.31. The molecule has 0 saturated heterocycles. The number of hydrogen-bond acceptors (Lipinski definition) is 10. The molecule has 2 N–H and O–H groups in total. The van der Waals surface area contributed by atoms with Gasteiger partial charge in [0.05, 0.1) is 15.7 Å². The number of carbonyl (C=O) groups excluding carboxylic acids is 2. The summed E-state index contributed by atoms with van der Waals surface area (Å²) in [5.74, 6) is -0.323. The van der Waals surface area contributed by atoms with Crippen molar-refractivity contribution in [3.05, 3.63) is 22.4 Å². The number of aromatic nitrogens is 2. The normalized spacial score (nSPS) is 14.3. The summed E-state index contributed by atoms with van der Waals surface area (Å²) in [4.78, 5) is 30.4. The van der Waals surface area contributed by atoms with Crippen LogP contribution in [0.1, 0.15) is 127 Å². The number of amides is 2. The minimum Gasteiger partial charge on any atom is -0.359 e. The van der Waals surface area contributed by atoms with Crippen LogP contribution in [0, 0.1) is 6.92 Å². The summed E-state index contributed by atoms with van der Waals surface area (Å²) in [6.45, 7) is 27.9. The van der Waals surface area contributed by atoms with Gasteiger partial charge in [-0.1, -0.05) is 53.6 Å². The van der Waals surface area contributed by atoms with Gasteiger partial charge in [0, 0.05) is 16.4 Å². The zero-order valence-corrected chi connectivity index (χ0v) is 32.3. The Morgan fingerprint density at radius 3 is 1.71 bits per heavy atom. The van der Waals surface area contributed by atoms with Gasteiger partial charge in [-0.05, 0) is 74.1 Å². The Bertz CT molecular complexity index is 1580. The molecule has 2 aromatic heterocycles. The van der Waals surface area contributed by atoms with Crippen LogP contribution >= 0.6 is 11.3 Å². The van der Waals surface area contributed by atoms with Gasteiger partial charge in [-0.3, -0.25) is 9.59 Å². The number of thiazole rings is 1. The van der Waals surface area contributed by atoms with E-state index in [2.05, 4.69) is 41.5 Å². The molecule has 45 heavy (non-hydrogen) atoms. The molecule has 258 valence electrons. The second-order valence-electron chi connectivity index (χ2n) is 15.3. The van der Waals surface area contributed by atoms with Crippen molar-refractivity contribution < 1.29 is 30.9 Å². The van der Waals surface area contributed by atoms with E-state index in [1.54, 1.807) is 40.7 Å². The van der Waals surface area contributed by atoms with Crippen molar-refractivity contribution in [1.82, 2.24) is 10.1 Å². The Labute approximate surface area is 274 Å². The van der Waals surface area contributed by atoms with E-state index in [-0.39, 0.29) is 16.6 Å². The first-order chi connectivity index (χ1) is 19.9. The molecule has 14 heteroatoms. The van der Waals surface area contributed by atoms with E-state index in [1.807, 2.05) is 27.7 Å². The fraction of sp³-hybridized carbons (Fsp3) is 0.742. The number of nitrogens with one attached hydrogen (secondary N) is 2. The highest BCUT2D eigenvalue weighted by Gasteiger charge is 2.49. The van der Waals surface area contributed by atoms with E-state index in [0.29, 0.717) is 17.3 Å². The van der Waals surface area contributed by atoms with Gasteiger partial charge < -0.3 is 15.2 Å². The quantitative estimate of drug-likeness (QED) is 0.311. The summed E-state index contributed by atoms with van der Waals surface area (Å²) < 4.78 is 51.4. The number of hydrogen-bond donors (Lipinski definition) is 2. The summed E-state index contributed by atoms with van der Waals surface area (Å²) in [5, 5.41) is 8.85. The first kappa shape index (κ1) is 40.7. The minimum absolute atomic E-state index is 0.0717. The molecule has 0 fully saturated rings. The SMILES string of the molecule is CCC(C)S(=O)(=O)C(C)(C)C(=O)Nc1cc(C(C)(C)C)on1.Cc1nc(NC(=O)C(C)(C)S(=O)(=O)C(C)(C)C)sc1C(C)(C)C. The van der Waals surface area contributed by atoms with Crippen LogP contribution in [-0.4, -0.2) is 58.3 Å². The molecular formula is C31H54N4O7S3. The maximum atomic E-state index is 12.7. The van der Waals surface area contributed by atoms with Gasteiger partial charge >= 0.3 is 0 Å². The second kappa shape index (κ2) is 13.4. The number of aryl methyl sites for hydroxylation is 1. The molecule has 2 aromatic rings. The predicted molar refractivity (Wildman–Crippen MR) is 184 cm³/mol. The van der Waals surface area contributed by atoms with Gasteiger partial charge in [-0.2, -0.15) is 0 Å². The lowest BCUT2D eigenvalue weighted by molar-refractivity contribution is -0.118. The van der Waals surface area contributed by atoms with Crippen LogP contribution in [0.5, 0.6) is 0 Å². The number of sulfone groups is 2. The highest BCUT2D eigenvalue weighted by atomic mass is 32.2. The third-order valence-electron chi connectivity index (χ3n) is 7.58. The van der Waals surface area contributed by atoms with Crippen LogP contribution in [0.15, 0.2) is 10.6 Å². The van der Waals surface area contributed by atoms with Crippen LogP contribution in [-0.2, 0) is 40.1 Å². The molecule has 0 aliphatic heterocycles. The third kappa shape index (κ3) is 8.94. The maximum absolute atomic E-state index is 12.7. The molecular weight excluding hydrogens is 637 g/mol. The van der Waals surface area contributed by atoms with Crippen LogP contribution in [0.25, 0.3) is 0 Å². The molecule has 0 aromatic carbocycles. The maximum Gasteiger partial charge on any atom is 0.247 e. The Hall–Kier alpha value is -2.32. The standard InChI is InChI=1S/C16H28N2O3S2.C15H26N2O4S/c1-10-11(14(2,3)4)22-13(17-10)18-12(19)16(8,9)23(20,21)15(5,6)7;1-8-10(2)22(19,20)15(6,7)13(18)16-12-9-11(21-17-12)14(3,4)5/h1-9H3,(H,17,18,19);9-10H,8H2,1-7H3,(H,16,17,18). The Kier molecular flexibility index (Phi) is 12.1. The zero-order chi connectivity index (χ0) is 35.8. The largest absolute Gasteiger partial charge is 0.359 e.